The van der Waals surface area contributed by atoms with Crippen LogP contribution in [0, 0.1) is 0 Å². The fraction of sp³-hybridized carbons (Fsp3) is 0.192. The molecule has 33 heavy (non-hydrogen) atoms. The summed E-state index contributed by atoms with van der Waals surface area (Å²) >= 11 is 0. The molecule has 0 unspecified atom stereocenters. The fourth-order valence-corrected chi connectivity index (χ4v) is 4.97. The van der Waals surface area contributed by atoms with Crippen LogP contribution in [0.1, 0.15) is 16.8 Å². The molecule has 1 saturated heterocycles. The van der Waals surface area contributed by atoms with E-state index in [9.17, 15) is 9.59 Å². The van der Waals surface area contributed by atoms with E-state index in [4.69, 9.17) is 4.74 Å². The molecule has 0 saturated carbocycles. The number of para-hydroxylation sites is 1. The number of rotatable bonds is 3. The van der Waals surface area contributed by atoms with Crippen molar-refractivity contribution in [2.24, 2.45) is 5.10 Å². The van der Waals surface area contributed by atoms with E-state index in [0.717, 1.165) is 38.5 Å². The third-order valence-electron chi connectivity index (χ3n) is 6.63. The number of ether oxygens (including phenoxy) is 1. The Morgan fingerprint density at radius 3 is 2.64 bits per heavy atom. The van der Waals surface area contributed by atoms with Gasteiger partial charge < -0.3 is 14.6 Å². The summed E-state index contributed by atoms with van der Waals surface area (Å²) in [7, 11) is 1.61. The second-order valence-corrected chi connectivity index (χ2v) is 8.41. The van der Waals surface area contributed by atoms with Gasteiger partial charge in [-0.1, -0.05) is 48.5 Å². The van der Waals surface area contributed by atoms with E-state index < -0.39 is 6.04 Å². The lowest BCUT2D eigenvalue weighted by Gasteiger charge is -2.40. The number of fused-ring (bicyclic) bond motifs is 5. The Morgan fingerprint density at radius 2 is 1.79 bits per heavy atom. The number of H-pyrrole nitrogens is 1. The molecular weight excluding hydrogens is 416 g/mol. The zero-order chi connectivity index (χ0) is 22.5. The minimum Gasteiger partial charge on any atom is -0.496 e. The van der Waals surface area contributed by atoms with Crippen molar-refractivity contribution >= 4 is 39.7 Å². The quantitative estimate of drug-likeness (QED) is 0.498. The topological polar surface area (TPSA) is 78.0 Å². The van der Waals surface area contributed by atoms with Crippen LogP contribution in [0.15, 0.2) is 65.8 Å². The minimum absolute atomic E-state index is 0.0749. The first-order chi connectivity index (χ1) is 16.1. The first-order valence-electron chi connectivity index (χ1n) is 10.9. The van der Waals surface area contributed by atoms with Crippen molar-refractivity contribution in [1.82, 2.24) is 14.9 Å². The van der Waals surface area contributed by atoms with Crippen LogP contribution < -0.4 is 4.74 Å². The molecule has 0 radical (unpaired) electrons. The highest BCUT2D eigenvalue weighted by Gasteiger charge is 2.43. The second-order valence-electron chi connectivity index (χ2n) is 8.41. The molecule has 2 aliphatic heterocycles. The van der Waals surface area contributed by atoms with Crippen molar-refractivity contribution in [2.45, 2.75) is 19.0 Å². The van der Waals surface area contributed by atoms with Gasteiger partial charge in [-0.25, -0.2) is 5.01 Å². The third-order valence-corrected chi connectivity index (χ3v) is 6.63. The fourth-order valence-electron chi connectivity index (χ4n) is 4.97. The molecule has 2 aliphatic rings. The SMILES string of the molecule is COc1ccc2ccccc2c1C=NN1CC(=O)N2Cc3[nH]c4ccccc4c3C[C@H]2C1=O. The van der Waals surface area contributed by atoms with Crippen molar-refractivity contribution in [2.75, 3.05) is 13.7 Å². The Morgan fingerprint density at radius 1 is 1.00 bits per heavy atom. The van der Waals surface area contributed by atoms with E-state index in [1.165, 1.54) is 5.01 Å². The van der Waals surface area contributed by atoms with Crippen LogP contribution in [-0.4, -0.2) is 52.6 Å². The van der Waals surface area contributed by atoms with Gasteiger partial charge in [0.1, 0.15) is 18.3 Å². The molecule has 0 bridgehead atoms. The number of amides is 2. The maximum atomic E-state index is 13.4. The van der Waals surface area contributed by atoms with Gasteiger partial charge in [0.25, 0.3) is 5.91 Å². The molecule has 1 N–H and O–H groups in total. The zero-order valence-corrected chi connectivity index (χ0v) is 18.1. The van der Waals surface area contributed by atoms with Gasteiger partial charge in [-0.15, -0.1) is 0 Å². The normalized spacial score (nSPS) is 18.3. The molecule has 0 spiro atoms. The number of nitrogens with one attached hydrogen (secondary N) is 1. The molecule has 4 aromatic rings. The highest BCUT2D eigenvalue weighted by atomic mass is 16.5. The Kier molecular flexibility index (Phi) is 4.43. The number of hydrazone groups is 1. The summed E-state index contributed by atoms with van der Waals surface area (Å²) in [4.78, 5) is 31.4. The van der Waals surface area contributed by atoms with Crippen LogP contribution in [-0.2, 0) is 22.6 Å². The predicted octanol–water partition coefficient (Wildman–Crippen LogP) is 3.46. The van der Waals surface area contributed by atoms with Crippen molar-refractivity contribution in [1.29, 1.82) is 0 Å². The van der Waals surface area contributed by atoms with Crippen molar-refractivity contribution in [3.05, 3.63) is 77.5 Å². The van der Waals surface area contributed by atoms with Crippen LogP contribution >= 0.6 is 0 Å². The summed E-state index contributed by atoms with van der Waals surface area (Å²) in [5.74, 6) is 0.392. The van der Waals surface area contributed by atoms with Gasteiger partial charge in [0, 0.05) is 28.6 Å². The van der Waals surface area contributed by atoms with Gasteiger partial charge in [0.2, 0.25) is 5.91 Å². The number of aromatic nitrogens is 1. The molecule has 2 amide bonds. The standard InChI is InChI=1S/C26H22N4O3/c1-33-24-11-10-16-6-2-3-7-17(16)20(24)13-27-30-15-25(31)29-14-22-19(12-23(29)26(30)32)18-8-4-5-9-21(18)28-22/h2-11,13,23,28H,12,14-15H2,1H3/t23-/m0/s1. The van der Waals surface area contributed by atoms with Crippen molar-refractivity contribution in [3.63, 3.8) is 0 Å². The number of carbonyl (C=O) groups is 2. The molecule has 6 rings (SSSR count). The molecule has 3 aromatic carbocycles. The lowest BCUT2D eigenvalue weighted by atomic mass is 9.94. The third kappa shape index (κ3) is 3.08. The summed E-state index contributed by atoms with van der Waals surface area (Å²) in [6, 6.07) is 19.3. The van der Waals surface area contributed by atoms with Gasteiger partial charge in [-0.2, -0.15) is 5.10 Å². The molecule has 3 heterocycles. The first-order valence-corrected chi connectivity index (χ1v) is 10.9. The predicted molar refractivity (Wildman–Crippen MR) is 126 cm³/mol. The Balaban J connectivity index is 1.34. The summed E-state index contributed by atoms with van der Waals surface area (Å²) in [5, 5.41) is 8.88. The lowest BCUT2D eigenvalue weighted by Crippen LogP contribution is -2.60. The van der Waals surface area contributed by atoms with E-state index in [-0.39, 0.29) is 18.4 Å². The summed E-state index contributed by atoms with van der Waals surface area (Å²) < 4.78 is 5.52. The molecule has 164 valence electrons. The lowest BCUT2D eigenvalue weighted by molar-refractivity contribution is -0.157. The Bertz CT molecular complexity index is 1450. The van der Waals surface area contributed by atoms with E-state index in [1.54, 1.807) is 18.2 Å². The number of methoxy groups -OCH3 is 1. The van der Waals surface area contributed by atoms with Crippen molar-refractivity contribution < 1.29 is 14.3 Å². The number of piperazine rings is 1. The number of hydrogen-bond acceptors (Lipinski definition) is 4. The first kappa shape index (κ1) is 19.5. The number of aromatic amines is 1. The average molecular weight is 438 g/mol. The molecule has 1 atom stereocenters. The van der Waals surface area contributed by atoms with Gasteiger partial charge >= 0.3 is 0 Å². The highest BCUT2D eigenvalue weighted by molar-refractivity contribution is 6.03. The maximum Gasteiger partial charge on any atom is 0.266 e. The second kappa shape index (κ2) is 7.48. The largest absolute Gasteiger partial charge is 0.496 e. The maximum absolute atomic E-state index is 13.4. The smallest absolute Gasteiger partial charge is 0.266 e. The number of carbonyl (C=O) groups excluding carboxylic acids is 2. The Hall–Kier alpha value is -4.13. The van der Waals surface area contributed by atoms with Gasteiger partial charge in [-0.3, -0.25) is 9.59 Å². The molecular formula is C26H22N4O3. The van der Waals surface area contributed by atoms with Gasteiger partial charge in [-0.05, 0) is 28.5 Å². The van der Waals surface area contributed by atoms with Crippen LogP contribution in [0.5, 0.6) is 5.75 Å². The van der Waals surface area contributed by atoms with E-state index >= 15 is 0 Å². The monoisotopic (exact) mass is 438 g/mol. The summed E-state index contributed by atoms with van der Waals surface area (Å²) in [6.45, 7) is 0.336. The highest BCUT2D eigenvalue weighted by Crippen LogP contribution is 2.33. The molecule has 7 nitrogen and oxygen atoms in total. The summed E-state index contributed by atoms with van der Waals surface area (Å²) in [5.41, 5.74) is 3.92. The van der Waals surface area contributed by atoms with Gasteiger partial charge in [0.15, 0.2) is 0 Å². The van der Waals surface area contributed by atoms with E-state index in [0.29, 0.717) is 18.7 Å². The minimum atomic E-state index is -0.551. The van der Waals surface area contributed by atoms with Crippen molar-refractivity contribution in [3.8, 4) is 5.75 Å². The van der Waals surface area contributed by atoms with Crippen LogP contribution in [0.3, 0.4) is 0 Å². The summed E-state index contributed by atoms with van der Waals surface area (Å²) in [6.07, 6.45) is 2.11. The number of nitrogens with zero attached hydrogens (tertiary/aromatic N) is 3. The number of hydrogen-bond donors (Lipinski definition) is 1. The van der Waals surface area contributed by atoms with Crippen LogP contribution in [0.2, 0.25) is 0 Å². The Labute approximate surface area is 190 Å². The van der Waals surface area contributed by atoms with Crippen LogP contribution in [0.25, 0.3) is 21.7 Å². The van der Waals surface area contributed by atoms with E-state index in [1.807, 2.05) is 54.6 Å². The van der Waals surface area contributed by atoms with Crippen LogP contribution in [0.4, 0.5) is 0 Å². The molecule has 0 aliphatic carbocycles. The molecule has 7 heteroatoms. The number of benzene rings is 3. The average Bonchev–Trinajstić information content (AvgIpc) is 3.22. The van der Waals surface area contributed by atoms with Gasteiger partial charge in [0.05, 0.1) is 19.9 Å². The molecule has 1 aromatic heterocycles. The zero-order valence-electron chi connectivity index (χ0n) is 18.1. The molecule has 1 fully saturated rings. The van der Waals surface area contributed by atoms with E-state index in [2.05, 4.69) is 16.2 Å².